The van der Waals surface area contributed by atoms with E-state index in [0.717, 1.165) is 16.1 Å². The lowest BCUT2D eigenvalue weighted by atomic mass is 10.1. The number of halogens is 1. The number of anilines is 1. The number of carbonyl (C=O) groups excluding carboxylic acids is 1. The van der Waals surface area contributed by atoms with Gasteiger partial charge in [0.2, 0.25) is 5.91 Å². The van der Waals surface area contributed by atoms with E-state index < -0.39 is 0 Å². The van der Waals surface area contributed by atoms with Crippen molar-refractivity contribution < 1.29 is 9.18 Å². The highest BCUT2D eigenvalue weighted by atomic mass is 32.1. The molecule has 2 aromatic carbocycles. The van der Waals surface area contributed by atoms with Crippen molar-refractivity contribution in [2.75, 3.05) is 5.32 Å². The van der Waals surface area contributed by atoms with E-state index in [4.69, 9.17) is 5.10 Å². The van der Waals surface area contributed by atoms with Gasteiger partial charge in [-0.25, -0.2) is 4.39 Å². The van der Waals surface area contributed by atoms with Crippen LogP contribution >= 0.6 is 11.3 Å². The van der Waals surface area contributed by atoms with E-state index in [1.165, 1.54) is 6.07 Å². The molecule has 0 aliphatic heterocycles. The summed E-state index contributed by atoms with van der Waals surface area (Å²) >= 11 is 1.57. The first-order valence-corrected chi connectivity index (χ1v) is 10.5. The van der Waals surface area contributed by atoms with Crippen LogP contribution in [-0.4, -0.2) is 25.7 Å². The molecule has 0 atom stereocenters. The molecule has 0 aliphatic rings. The molecule has 0 saturated carbocycles. The molecule has 1 amide bonds. The van der Waals surface area contributed by atoms with Gasteiger partial charge in [0.05, 0.1) is 17.0 Å². The fourth-order valence-electron chi connectivity index (χ4n) is 3.28. The van der Waals surface area contributed by atoms with Crippen molar-refractivity contribution in [2.24, 2.45) is 0 Å². The van der Waals surface area contributed by atoms with Crippen LogP contribution in [0.2, 0.25) is 0 Å². The molecule has 3 heterocycles. The van der Waals surface area contributed by atoms with Gasteiger partial charge >= 0.3 is 0 Å². The van der Waals surface area contributed by atoms with E-state index in [2.05, 4.69) is 15.5 Å². The van der Waals surface area contributed by atoms with Crippen molar-refractivity contribution in [1.82, 2.24) is 19.8 Å². The number of benzene rings is 2. The summed E-state index contributed by atoms with van der Waals surface area (Å²) < 4.78 is 15.5. The lowest BCUT2D eigenvalue weighted by Crippen LogP contribution is -2.15. The first-order chi connectivity index (χ1) is 15.2. The average Bonchev–Trinajstić information content (AvgIpc) is 3.44. The van der Waals surface area contributed by atoms with E-state index in [1.807, 2.05) is 47.8 Å². The van der Waals surface area contributed by atoms with Crippen LogP contribution in [0.5, 0.6) is 0 Å². The van der Waals surface area contributed by atoms with E-state index in [9.17, 15) is 9.18 Å². The lowest BCUT2D eigenvalue weighted by molar-refractivity contribution is -0.115. The van der Waals surface area contributed by atoms with Crippen LogP contribution in [0.15, 0.2) is 78.2 Å². The predicted molar refractivity (Wildman–Crippen MR) is 118 cm³/mol. The van der Waals surface area contributed by atoms with Crippen LogP contribution in [0.3, 0.4) is 0 Å². The number of hydrogen-bond acceptors (Lipinski definition) is 5. The fraction of sp³-hybridized carbons (Fsp3) is 0.0435. The third-order valence-electron chi connectivity index (χ3n) is 4.76. The molecule has 0 radical (unpaired) electrons. The minimum absolute atomic E-state index is 0.0357. The molecule has 6 nitrogen and oxygen atoms in total. The second-order valence-corrected chi connectivity index (χ2v) is 7.83. The maximum atomic E-state index is 13.8. The number of amides is 1. The molecule has 0 spiro atoms. The zero-order valence-electron chi connectivity index (χ0n) is 16.2. The van der Waals surface area contributed by atoms with Gasteiger partial charge in [0, 0.05) is 11.3 Å². The molecule has 31 heavy (non-hydrogen) atoms. The Morgan fingerprint density at radius 3 is 2.74 bits per heavy atom. The molecule has 0 saturated heterocycles. The van der Waals surface area contributed by atoms with Crippen molar-refractivity contribution >= 4 is 28.6 Å². The summed E-state index contributed by atoms with van der Waals surface area (Å²) in [6.07, 6.45) is -0.0357. The number of rotatable bonds is 5. The van der Waals surface area contributed by atoms with Gasteiger partial charge in [-0.05, 0) is 47.3 Å². The van der Waals surface area contributed by atoms with Crippen LogP contribution in [0.1, 0.15) is 5.56 Å². The molecule has 5 rings (SSSR count). The molecule has 0 unspecified atom stereocenters. The maximum absolute atomic E-state index is 13.8. The summed E-state index contributed by atoms with van der Waals surface area (Å²) in [5.41, 5.74) is 3.17. The first-order valence-electron chi connectivity index (χ1n) is 9.57. The van der Waals surface area contributed by atoms with Gasteiger partial charge in [0.15, 0.2) is 11.5 Å². The Labute approximate surface area is 181 Å². The van der Waals surface area contributed by atoms with Crippen LogP contribution in [0.4, 0.5) is 10.1 Å². The third kappa shape index (κ3) is 3.93. The SMILES string of the molecule is O=C(Cc1ccccc1F)Nc1cccc(-c2ccc3nnc(-c4cccs4)n3n2)c1. The van der Waals surface area contributed by atoms with E-state index in [1.54, 1.807) is 40.1 Å². The van der Waals surface area contributed by atoms with Gasteiger partial charge in [-0.1, -0.05) is 36.4 Å². The monoisotopic (exact) mass is 429 g/mol. The zero-order valence-corrected chi connectivity index (χ0v) is 17.0. The highest BCUT2D eigenvalue weighted by Gasteiger charge is 2.12. The van der Waals surface area contributed by atoms with Crippen LogP contribution < -0.4 is 5.32 Å². The fourth-order valence-corrected chi connectivity index (χ4v) is 3.97. The summed E-state index contributed by atoms with van der Waals surface area (Å²) in [6.45, 7) is 0. The Hall–Kier alpha value is -3.91. The number of nitrogens with zero attached hydrogens (tertiary/aromatic N) is 4. The zero-order chi connectivity index (χ0) is 21.2. The topological polar surface area (TPSA) is 72.2 Å². The third-order valence-corrected chi connectivity index (χ3v) is 5.62. The second-order valence-electron chi connectivity index (χ2n) is 6.89. The Morgan fingerprint density at radius 2 is 1.90 bits per heavy atom. The van der Waals surface area contributed by atoms with Crippen molar-refractivity contribution in [1.29, 1.82) is 0 Å². The normalized spacial score (nSPS) is 11.0. The number of fused-ring (bicyclic) bond motifs is 1. The Balaban J connectivity index is 1.41. The van der Waals surface area contributed by atoms with Crippen molar-refractivity contribution in [3.63, 3.8) is 0 Å². The van der Waals surface area contributed by atoms with Gasteiger partial charge in [0.1, 0.15) is 5.82 Å². The van der Waals surface area contributed by atoms with Crippen LogP contribution in [0.25, 0.3) is 27.6 Å². The number of aromatic nitrogens is 4. The Kier molecular flexibility index (Phi) is 4.97. The standard InChI is InChI=1S/C23H16FN5OS/c24-18-8-2-1-5-15(18)14-22(30)25-17-7-3-6-16(13-17)19-10-11-21-26-27-23(29(21)28-19)20-9-4-12-31-20/h1-13H,14H2,(H,25,30). The minimum Gasteiger partial charge on any atom is -0.326 e. The average molecular weight is 429 g/mol. The van der Waals surface area contributed by atoms with E-state index in [0.29, 0.717) is 22.7 Å². The van der Waals surface area contributed by atoms with Crippen LogP contribution in [-0.2, 0) is 11.2 Å². The van der Waals surface area contributed by atoms with Crippen molar-refractivity contribution in [2.45, 2.75) is 6.42 Å². The van der Waals surface area contributed by atoms with Gasteiger partial charge in [-0.3, -0.25) is 4.79 Å². The molecule has 152 valence electrons. The molecule has 0 aliphatic carbocycles. The highest BCUT2D eigenvalue weighted by Crippen LogP contribution is 2.25. The number of thiophene rings is 1. The van der Waals surface area contributed by atoms with Gasteiger partial charge in [-0.2, -0.15) is 9.61 Å². The Bertz CT molecular complexity index is 1380. The molecule has 0 bridgehead atoms. The van der Waals surface area contributed by atoms with Crippen molar-refractivity contribution in [3.8, 4) is 22.0 Å². The second kappa shape index (κ2) is 8.08. The number of hydrogen-bond donors (Lipinski definition) is 1. The molecular weight excluding hydrogens is 413 g/mol. The first kappa shape index (κ1) is 19.1. The number of carbonyl (C=O) groups is 1. The molecular formula is C23H16FN5OS. The molecule has 8 heteroatoms. The molecule has 1 N–H and O–H groups in total. The largest absolute Gasteiger partial charge is 0.326 e. The summed E-state index contributed by atoms with van der Waals surface area (Å²) in [5.74, 6) is 0.00466. The van der Waals surface area contributed by atoms with Crippen LogP contribution in [0, 0.1) is 5.82 Å². The maximum Gasteiger partial charge on any atom is 0.228 e. The predicted octanol–water partition coefficient (Wildman–Crippen LogP) is 4.84. The smallest absolute Gasteiger partial charge is 0.228 e. The van der Waals surface area contributed by atoms with E-state index in [-0.39, 0.29) is 18.1 Å². The molecule has 0 fully saturated rings. The summed E-state index contributed by atoms with van der Waals surface area (Å²) in [5, 5.41) is 17.9. The van der Waals surface area contributed by atoms with Gasteiger partial charge in [-0.15, -0.1) is 21.5 Å². The van der Waals surface area contributed by atoms with E-state index >= 15 is 0 Å². The summed E-state index contributed by atoms with van der Waals surface area (Å²) in [7, 11) is 0. The molecule has 3 aromatic heterocycles. The Morgan fingerprint density at radius 1 is 1.00 bits per heavy atom. The quantitative estimate of drug-likeness (QED) is 0.434. The highest BCUT2D eigenvalue weighted by molar-refractivity contribution is 7.13. The number of nitrogens with one attached hydrogen (secondary N) is 1. The van der Waals surface area contributed by atoms with Gasteiger partial charge in [0.25, 0.3) is 0 Å². The summed E-state index contributed by atoms with van der Waals surface area (Å²) in [6, 6.07) is 21.3. The lowest BCUT2D eigenvalue weighted by Gasteiger charge is -2.08. The van der Waals surface area contributed by atoms with Gasteiger partial charge < -0.3 is 5.32 Å². The van der Waals surface area contributed by atoms with Crippen molar-refractivity contribution in [3.05, 3.63) is 89.6 Å². The minimum atomic E-state index is -0.389. The molecule has 5 aromatic rings. The summed E-state index contributed by atoms with van der Waals surface area (Å²) in [4.78, 5) is 13.4.